The van der Waals surface area contributed by atoms with Gasteiger partial charge in [-0.15, -0.1) is 0 Å². The number of benzene rings is 1. The number of hydrogen-bond acceptors (Lipinski definition) is 4. The first-order chi connectivity index (χ1) is 10.2. The van der Waals surface area contributed by atoms with Crippen molar-refractivity contribution < 1.29 is 5.21 Å². The van der Waals surface area contributed by atoms with E-state index in [1.165, 1.54) is 11.1 Å². The molecule has 1 aromatic heterocycles. The standard InChI is InChI=1S/C16H20N4O/c1-12-4-2-3-5-14(12)7-8-18-11-13-6-9-19-15(10-13)16(17)20-21/h2-6,9-10,18,21H,7-8,11H2,1H3,(H2,17,20). The van der Waals surface area contributed by atoms with Gasteiger partial charge in [0.15, 0.2) is 5.84 Å². The lowest BCUT2D eigenvalue weighted by molar-refractivity contribution is 0.318. The van der Waals surface area contributed by atoms with E-state index in [2.05, 4.69) is 46.6 Å². The summed E-state index contributed by atoms with van der Waals surface area (Å²) in [6, 6.07) is 12.1. The van der Waals surface area contributed by atoms with E-state index in [-0.39, 0.29) is 5.84 Å². The third-order valence-electron chi connectivity index (χ3n) is 3.36. The van der Waals surface area contributed by atoms with Gasteiger partial charge in [-0.05, 0) is 48.7 Å². The molecule has 2 rings (SSSR count). The minimum absolute atomic E-state index is 0.0248. The quantitative estimate of drug-likeness (QED) is 0.248. The Bertz CT molecular complexity index is 625. The van der Waals surface area contributed by atoms with E-state index in [1.807, 2.05) is 12.1 Å². The van der Waals surface area contributed by atoms with Crippen LogP contribution in [0.25, 0.3) is 0 Å². The number of aryl methyl sites for hydroxylation is 1. The fourth-order valence-electron chi connectivity index (χ4n) is 2.12. The van der Waals surface area contributed by atoms with Gasteiger partial charge in [-0.2, -0.15) is 0 Å². The van der Waals surface area contributed by atoms with Gasteiger partial charge in [-0.25, -0.2) is 0 Å². The summed E-state index contributed by atoms with van der Waals surface area (Å²) < 4.78 is 0. The smallest absolute Gasteiger partial charge is 0.188 e. The summed E-state index contributed by atoms with van der Waals surface area (Å²) in [6.45, 7) is 3.74. The second-order valence-corrected chi connectivity index (χ2v) is 4.89. The highest BCUT2D eigenvalue weighted by atomic mass is 16.4. The molecule has 0 aliphatic carbocycles. The van der Waals surface area contributed by atoms with Crippen LogP contribution in [0.5, 0.6) is 0 Å². The Kier molecular flexibility index (Phi) is 5.29. The van der Waals surface area contributed by atoms with Crippen LogP contribution in [-0.2, 0) is 13.0 Å². The highest BCUT2D eigenvalue weighted by Gasteiger charge is 2.02. The predicted octanol–water partition coefficient (Wildman–Crippen LogP) is 1.82. The monoisotopic (exact) mass is 284 g/mol. The van der Waals surface area contributed by atoms with Crippen molar-refractivity contribution in [1.82, 2.24) is 10.3 Å². The zero-order valence-corrected chi connectivity index (χ0v) is 12.1. The molecule has 0 aliphatic heterocycles. The summed E-state index contributed by atoms with van der Waals surface area (Å²) in [4.78, 5) is 4.05. The zero-order valence-electron chi connectivity index (χ0n) is 12.1. The summed E-state index contributed by atoms with van der Waals surface area (Å²) in [5, 5.41) is 15.0. The maximum absolute atomic E-state index is 8.65. The van der Waals surface area contributed by atoms with Gasteiger partial charge < -0.3 is 16.3 Å². The second-order valence-electron chi connectivity index (χ2n) is 4.89. The number of amidine groups is 1. The summed E-state index contributed by atoms with van der Waals surface area (Å²) in [5.41, 5.74) is 9.74. The Morgan fingerprint density at radius 1 is 1.33 bits per heavy atom. The Labute approximate surface area is 124 Å². The molecular formula is C16H20N4O. The first-order valence-electron chi connectivity index (χ1n) is 6.89. The Morgan fingerprint density at radius 3 is 2.90 bits per heavy atom. The van der Waals surface area contributed by atoms with Crippen LogP contribution in [0.4, 0.5) is 0 Å². The third kappa shape index (κ3) is 4.29. The van der Waals surface area contributed by atoms with Crippen LogP contribution in [0.3, 0.4) is 0 Å². The molecule has 0 bridgehead atoms. The van der Waals surface area contributed by atoms with Crippen molar-refractivity contribution in [2.75, 3.05) is 6.54 Å². The molecule has 2 aromatic rings. The Morgan fingerprint density at radius 2 is 2.14 bits per heavy atom. The van der Waals surface area contributed by atoms with Crippen molar-refractivity contribution in [3.63, 3.8) is 0 Å². The largest absolute Gasteiger partial charge is 0.409 e. The lowest BCUT2D eigenvalue weighted by atomic mass is 10.1. The molecule has 1 heterocycles. The van der Waals surface area contributed by atoms with Crippen molar-refractivity contribution in [3.8, 4) is 0 Å². The maximum atomic E-state index is 8.65. The molecule has 0 unspecified atom stereocenters. The SMILES string of the molecule is Cc1ccccc1CCNCc1ccnc(C(N)=NO)c1. The Balaban J connectivity index is 1.85. The molecule has 0 aliphatic rings. The fourth-order valence-corrected chi connectivity index (χ4v) is 2.12. The number of nitrogens with one attached hydrogen (secondary N) is 1. The highest BCUT2D eigenvalue weighted by molar-refractivity contribution is 5.95. The first kappa shape index (κ1) is 15.0. The molecule has 5 nitrogen and oxygen atoms in total. The summed E-state index contributed by atoms with van der Waals surface area (Å²) in [5.74, 6) is 0.0248. The molecule has 0 saturated heterocycles. The lowest BCUT2D eigenvalue weighted by Gasteiger charge is -2.08. The Hall–Kier alpha value is -2.40. The van der Waals surface area contributed by atoms with Crippen LogP contribution in [-0.4, -0.2) is 22.6 Å². The van der Waals surface area contributed by atoms with Gasteiger partial charge >= 0.3 is 0 Å². The van der Waals surface area contributed by atoms with Crippen LogP contribution in [0.1, 0.15) is 22.4 Å². The highest BCUT2D eigenvalue weighted by Crippen LogP contribution is 2.07. The van der Waals surface area contributed by atoms with Gasteiger partial charge in [-0.1, -0.05) is 29.4 Å². The second kappa shape index (κ2) is 7.40. The summed E-state index contributed by atoms with van der Waals surface area (Å²) >= 11 is 0. The van der Waals surface area contributed by atoms with Gasteiger partial charge in [0, 0.05) is 12.7 Å². The van der Waals surface area contributed by atoms with E-state index in [0.717, 1.165) is 25.1 Å². The van der Waals surface area contributed by atoms with Crippen LogP contribution < -0.4 is 11.1 Å². The van der Waals surface area contributed by atoms with E-state index < -0.39 is 0 Å². The van der Waals surface area contributed by atoms with Crippen LogP contribution >= 0.6 is 0 Å². The number of nitrogens with two attached hydrogens (primary N) is 1. The van der Waals surface area contributed by atoms with E-state index in [4.69, 9.17) is 10.9 Å². The van der Waals surface area contributed by atoms with Crippen molar-refractivity contribution in [2.24, 2.45) is 10.9 Å². The van der Waals surface area contributed by atoms with Gasteiger partial charge in [0.1, 0.15) is 5.69 Å². The molecule has 0 radical (unpaired) electrons. The van der Waals surface area contributed by atoms with Gasteiger partial charge in [0.05, 0.1) is 0 Å². The van der Waals surface area contributed by atoms with Gasteiger partial charge in [0.25, 0.3) is 0 Å². The first-order valence-corrected chi connectivity index (χ1v) is 6.89. The van der Waals surface area contributed by atoms with Gasteiger partial charge in [0.2, 0.25) is 0 Å². The van der Waals surface area contributed by atoms with Crippen LogP contribution in [0.15, 0.2) is 47.8 Å². The van der Waals surface area contributed by atoms with E-state index in [0.29, 0.717) is 5.69 Å². The molecule has 4 N–H and O–H groups in total. The van der Waals surface area contributed by atoms with E-state index in [1.54, 1.807) is 6.20 Å². The molecule has 0 fully saturated rings. The number of hydrogen-bond donors (Lipinski definition) is 3. The predicted molar refractivity (Wildman–Crippen MR) is 83.3 cm³/mol. The molecule has 0 amide bonds. The molecule has 21 heavy (non-hydrogen) atoms. The van der Waals surface area contributed by atoms with Crippen molar-refractivity contribution in [3.05, 3.63) is 65.0 Å². The maximum Gasteiger partial charge on any atom is 0.188 e. The minimum Gasteiger partial charge on any atom is -0.409 e. The van der Waals surface area contributed by atoms with Crippen molar-refractivity contribution in [2.45, 2.75) is 19.9 Å². The molecule has 1 aromatic carbocycles. The van der Waals surface area contributed by atoms with E-state index in [9.17, 15) is 0 Å². The molecule has 110 valence electrons. The average Bonchev–Trinajstić information content (AvgIpc) is 2.52. The zero-order chi connectivity index (χ0) is 15.1. The average molecular weight is 284 g/mol. The van der Waals surface area contributed by atoms with Crippen LogP contribution in [0.2, 0.25) is 0 Å². The number of pyridine rings is 1. The summed E-state index contributed by atoms with van der Waals surface area (Å²) in [6.07, 6.45) is 2.65. The molecule has 0 saturated carbocycles. The molecule has 0 spiro atoms. The summed E-state index contributed by atoms with van der Waals surface area (Å²) in [7, 11) is 0. The minimum atomic E-state index is 0.0248. The number of aromatic nitrogens is 1. The third-order valence-corrected chi connectivity index (χ3v) is 3.36. The van der Waals surface area contributed by atoms with E-state index >= 15 is 0 Å². The number of nitrogens with zero attached hydrogens (tertiary/aromatic N) is 2. The van der Waals surface area contributed by atoms with Gasteiger partial charge in [-0.3, -0.25) is 4.98 Å². The van der Waals surface area contributed by atoms with Crippen molar-refractivity contribution >= 4 is 5.84 Å². The number of oxime groups is 1. The molecular weight excluding hydrogens is 264 g/mol. The fraction of sp³-hybridized carbons (Fsp3) is 0.250. The van der Waals surface area contributed by atoms with Crippen molar-refractivity contribution in [1.29, 1.82) is 0 Å². The van der Waals surface area contributed by atoms with Crippen LogP contribution in [0, 0.1) is 6.92 Å². The number of rotatable bonds is 6. The normalized spacial score (nSPS) is 11.6. The lowest BCUT2D eigenvalue weighted by Crippen LogP contribution is -2.19. The molecule has 5 heteroatoms. The molecule has 0 atom stereocenters. The topological polar surface area (TPSA) is 83.5 Å².